The predicted octanol–water partition coefficient (Wildman–Crippen LogP) is 8.60. The Hall–Kier alpha value is -3.14. The van der Waals surface area contributed by atoms with Gasteiger partial charge in [-0.25, -0.2) is 4.79 Å². The van der Waals surface area contributed by atoms with Crippen molar-refractivity contribution in [1.29, 1.82) is 0 Å². The largest absolute Gasteiger partial charge is 0.489 e. The molecule has 0 amide bonds. The van der Waals surface area contributed by atoms with Gasteiger partial charge in [0.1, 0.15) is 23.8 Å². The highest BCUT2D eigenvalue weighted by atomic mass is 35.5. The second kappa shape index (κ2) is 11.3. The number of nitrogens with zero attached hydrogens (tertiary/aromatic N) is 1. The van der Waals surface area contributed by atoms with Gasteiger partial charge in [0.05, 0.1) is 33.3 Å². The third-order valence-electron chi connectivity index (χ3n) is 5.95. The summed E-state index contributed by atoms with van der Waals surface area (Å²) in [6.45, 7) is 0.201. The fraction of sp³-hybridized carbons (Fsp3) is 0.172. The Morgan fingerprint density at radius 1 is 1.00 bits per heavy atom. The van der Waals surface area contributed by atoms with Crippen LogP contribution >= 0.6 is 46.4 Å². The highest BCUT2D eigenvalue weighted by molar-refractivity contribution is 6.39. The van der Waals surface area contributed by atoms with Crippen LogP contribution in [0.25, 0.3) is 11.3 Å². The fourth-order valence-corrected chi connectivity index (χ4v) is 4.96. The smallest absolute Gasteiger partial charge is 0.337 e. The van der Waals surface area contributed by atoms with Gasteiger partial charge >= 0.3 is 5.97 Å². The van der Waals surface area contributed by atoms with Gasteiger partial charge in [0.25, 0.3) is 0 Å². The molecule has 1 aliphatic carbocycles. The van der Waals surface area contributed by atoms with Gasteiger partial charge in [0, 0.05) is 33.7 Å². The number of hydrogen-bond donors (Lipinski definition) is 0. The van der Waals surface area contributed by atoms with Crippen LogP contribution in [0.15, 0.2) is 59.1 Å². The number of esters is 1. The van der Waals surface area contributed by atoms with Crippen LogP contribution in [0.3, 0.4) is 0 Å². The lowest BCUT2D eigenvalue weighted by Gasteiger charge is -2.10. The van der Waals surface area contributed by atoms with Gasteiger partial charge in [-0.1, -0.05) is 69.5 Å². The lowest BCUT2D eigenvalue weighted by molar-refractivity contribution is 0.0600. The summed E-state index contributed by atoms with van der Waals surface area (Å²) in [4.78, 5) is 11.8. The minimum atomic E-state index is -0.493. The van der Waals surface area contributed by atoms with Crippen molar-refractivity contribution < 1.29 is 18.8 Å². The van der Waals surface area contributed by atoms with Gasteiger partial charge < -0.3 is 14.0 Å². The zero-order chi connectivity index (χ0) is 26.8. The van der Waals surface area contributed by atoms with Crippen molar-refractivity contribution in [2.75, 3.05) is 7.11 Å². The third-order valence-corrected chi connectivity index (χ3v) is 7.11. The van der Waals surface area contributed by atoms with Gasteiger partial charge in [-0.3, -0.25) is 0 Å². The molecule has 1 heterocycles. The van der Waals surface area contributed by atoms with Crippen molar-refractivity contribution in [2.45, 2.75) is 25.4 Å². The van der Waals surface area contributed by atoms with Crippen molar-refractivity contribution in [3.05, 3.63) is 103 Å². The summed E-state index contributed by atoms with van der Waals surface area (Å²) in [5, 5.41) is 6.05. The summed E-state index contributed by atoms with van der Waals surface area (Å²) >= 11 is 25.5. The summed E-state index contributed by atoms with van der Waals surface area (Å²) in [6, 6.07) is 15.3. The molecular formula is C29H19Cl4NO4. The summed E-state index contributed by atoms with van der Waals surface area (Å²) in [7, 11) is 1.31. The van der Waals surface area contributed by atoms with Crippen molar-refractivity contribution >= 4 is 52.4 Å². The second-order valence-electron chi connectivity index (χ2n) is 8.65. The molecule has 0 radical (unpaired) electrons. The normalized spacial score (nSPS) is 12.6. The first-order valence-corrected chi connectivity index (χ1v) is 13.1. The molecule has 0 saturated heterocycles. The average molecular weight is 587 g/mol. The molecule has 192 valence electrons. The monoisotopic (exact) mass is 585 g/mol. The number of benzene rings is 3. The molecule has 0 atom stereocenters. The highest BCUT2D eigenvalue weighted by Gasteiger charge is 2.33. The summed E-state index contributed by atoms with van der Waals surface area (Å²) in [5.41, 5.74) is 3.46. The van der Waals surface area contributed by atoms with Gasteiger partial charge in [-0.05, 0) is 55.3 Å². The molecule has 1 aliphatic rings. The van der Waals surface area contributed by atoms with Crippen molar-refractivity contribution in [1.82, 2.24) is 5.16 Å². The SMILES string of the molecule is COC(=O)c1cc(Cl)cc(C#Cc2ccc(OCc3c(-c4c(Cl)cccc4Cl)noc3C3CC3)cc2Cl)c1. The number of ether oxygens (including phenoxy) is 2. The molecule has 1 aromatic heterocycles. The molecule has 4 aromatic rings. The molecule has 3 aromatic carbocycles. The van der Waals surface area contributed by atoms with Crippen LogP contribution in [-0.2, 0) is 11.3 Å². The van der Waals surface area contributed by atoms with Crippen LogP contribution in [0.2, 0.25) is 20.1 Å². The third kappa shape index (κ3) is 5.80. The quantitative estimate of drug-likeness (QED) is 0.167. The number of halogens is 4. The zero-order valence-electron chi connectivity index (χ0n) is 20.0. The highest BCUT2D eigenvalue weighted by Crippen LogP contribution is 2.46. The van der Waals surface area contributed by atoms with E-state index in [0.29, 0.717) is 59.7 Å². The maximum Gasteiger partial charge on any atom is 0.337 e. The Morgan fingerprint density at radius 3 is 2.45 bits per heavy atom. The van der Waals surface area contributed by atoms with E-state index in [9.17, 15) is 4.79 Å². The Labute approximate surface area is 239 Å². The van der Waals surface area contributed by atoms with Gasteiger partial charge in [-0.15, -0.1) is 0 Å². The van der Waals surface area contributed by atoms with Crippen molar-refractivity contribution in [3.63, 3.8) is 0 Å². The van der Waals surface area contributed by atoms with Gasteiger partial charge in [0.15, 0.2) is 0 Å². The van der Waals surface area contributed by atoms with E-state index in [0.717, 1.165) is 24.2 Å². The standard InChI is InChI=1S/C29H19Cl4NO4/c1-36-29(35)19-11-16(12-20(30)13-19)5-6-17-9-10-21(14-25(17)33)37-15-22-27(34-38-28(22)18-7-8-18)26-23(31)3-2-4-24(26)32/h2-4,9-14,18H,7-8,15H2,1H3. The number of methoxy groups -OCH3 is 1. The maximum atomic E-state index is 11.8. The topological polar surface area (TPSA) is 61.6 Å². The van der Waals surface area contributed by atoms with Crippen molar-refractivity contribution in [2.24, 2.45) is 0 Å². The molecule has 0 unspecified atom stereocenters. The predicted molar refractivity (Wildman–Crippen MR) is 148 cm³/mol. The molecule has 0 bridgehead atoms. The fourth-order valence-electron chi connectivity index (χ4n) is 3.93. The minimum absolute atomic E-state index is 0.201. The second-order valence-corrected chi connectivity index (χ2v) is 10.3. The summed E-state index contributed by atoms with van der Waals surface area (Å²) < 4.78 is 16.5. The van der Waals surface area contributed by atoms with E-state index in [-0.39, 0.29) is 6.61 Å². The van der Waals surface area contributed by atoms with Crippen LogP contribution in [0.5, 0.6) is 5.75 Å². The molecule has 0 N–H and O–H groups in total. The Morgan fingerprint density at radius 2 is 1.76 bits per heavy atom. The number of aromatic nitrogens is 1. The van der Waals surface area contributed by atoms with E-state index in [1.165, 1.54) is 13.2 Å². The zero-order valence-corrected chi connectivity index (χ0v) is 23.0. The lowest BCUT2D eigenvalue weighted by Crippen LogP contribution is -2.01. The maximum absolute atomic E-state index is 11.8. The van der Waals surface area contributed by atoms with E-state index < -0.39 is 5.97 Å². The molecule has 1 saturated carbocycles. The minimum Gasteiger partial charge on any atom is -0.489 e. The molecule has 9 heteroatoms. The summed E-state index contributed by atoms with van der Waals surface area (Å²) in [6.07, 6.45) is 2.07. The van der Waals surface area contributed by atoms with Crippen LogP contribution in [0.4, 0.5) is 0 Å². The number of carbonyl (C=O) groups excluding carboxylic acids is 1. The molecule has 0 aliphatic heterocycles. The lowest BCUT2D eigenvalue weighted by atomic mass is 10.0. The first-order valence-electron chi connectivity index (χ1n) is 11.6. The first-order chi connectivity index (χ1) is 18.3. The first kappa shape index (κ1) is 26.5. The van der Waals surface area contributed by atoms with Crippen LogP contribution in [0.1, 0.15) is 51.6 Å². The van der Waals surface area contributed by atoms with E-state index in [1.807, 2.05) is 0 Å². The van der Waals surface area contributed by atoms with Crippen molar-refractivity contribution in [3.8, 4) is 28.8 Å². The van der Waals surface area contributed by atoms with E-state index in [1.54, 1.807) is 48.5 Å². The van der Waals surface area contributed by atoms with E-state index >= 15 is 0 Å². The number of rotatable bonds is 6. The molecule has 38 heavy (non-hydrogen) atoms. The van der Waals surface area contributed by atoms with E-state index in [2.05, 4.69) is 17.0 Å². The molecular weight excluding hydrogens is 568 g/mol. The van der Waals surface area contributed by atoms with Crippen LogP contribution in [0, 0.1) is 11.8 Å². The number of hydrogen-bond acceptors (Lipinski definition) is 5. The summed E-state index contributed by atoms with van der Waals surface area (Å²) in [5.74, 6) is 7.15. The Kier molecular flexibility index (Phi) is 7.88. The molecule has 0 spiro atoms. The van der Waals surface area contributed by atoms with Gasteiger partial charge in [-0.2, -0.15) is 0 Å². The number of carbonyl (C=O) groups is 1. The van der Waals surface area contributed by atoms with Crippen LogP contribution < -0.4 is 4.74 Å². The molecule has 5 rings (SSSR count). The van der Waals surface area contributed by atoms with Gasteiger partial charge in [0.2, 0.25) is 0 Å². The molecule has 5 nitrogen and oxygen atoms in total. The molecule has 1 fully saturated rings. The Bertz CT molecular complexity index is 1580. The Balaban J connectivity index is 1.37. The van der Waals surface area contributed by atoms with E-state index in [4.69, 9.17) is 60.4 Å². The average Bonchev–Trinajstić information content (AvgIpc) is 3.66. The van der Waals surface area contributed by atoms with Crippen LogP contribution in [-0.4, -0.2) is 18.2 Å².